The van der Waals surface area contributed by atoms with Gasteiger partial charge in [-0.1, -0.05) is 6.92 Å². The third-order valence-corrected chi connectivity index (χ3v) is 4.86. The molecule has 4 heteroatoms. The molecule has 0 aromatic carbocycles. The van der Waals surface area contributed by atoms with Gasteiger partial charge in [0.15, 0.2) is 8.32 Å². The highest BCUT2D eigenvalue weighted by atomic mass is 28.4. The predicted molar refractivity (Wildman–Crippen MR) is 59.8 cm³/mol. The molecule has 0 atom stereocenters. The Balaban J connectivity index is 3.42. The van der Waals surface area contributed by atoms with E-state index in [9.17, 15) is 4.79 Å². The number of carbonyl (C=O) groups is 1. The maximum Gasteiger partial charge on any atom is 0.305 e. The molecule has 0 saturated heterocycles. The lowest BCUT2D eigenvalue weighted by Gasteiger charge is -2.19. The Kier molecular flexibility index (Phi) is 6.83. The Labute approximate surface area is 87.9 Å². The fraction of sp³-hybridized carbons (Fsp3) is 0.900. The van der Waals surface area contributed by atoms with Gasteiger partial charge < -0.3 is 9.16 Å². The minimum Gasteiger partial charge on any atom is -0.466 e. The smallest absolute Gasteiger partial charge is 0.305 e. The van der Waals surface area contributed by atoms with E-state index in [0.29, 0.717) is 13.0 Å². The highest BCUT2D eigenvalue weighted by molar-refractivity contribution is 6.71. The summed E-state index contributed by atoms with van der Waals surface area (Å²) < 4.78 is 10.4. The van der Waals surface area contributed by atoms with Gasteiger partial charge in [0.25, 0.3) is 0 Å². The Morgan fingerprint density at radius 1 is 1.36 bits per heavy atom. The zero-order valence-electron chi connectivity index (χ0n) is 9.76. The highest BCUT2D eigenvalue weighted by Gasteiger charge is 2.19. The van der Waals surface area contributed by atoms with Gasteiger partial charge >= 0.3 is 5.97 Å². The third kappa shape index (κ3) is 7.09. The first-order chi connectivity index (χ1) is 6.52. The number of carbonyl (C=O) groups excluding carboxylic acids is 1. The lowest BCUT2D eigenvalue weighted by Crippen LogP contribution is -2.28. The molecule has 0 aliphatic carbocycles. The molecule has 0 aromatic rings. The van der Waals surface area contributed by atoms with Crippen LogP contribution in [-0.4, -0.2) is 28.0 Å². The average Bonchev–Trinajstić information content (AvgIpc) is 2.13. The lowest BCUT2D eigenvalue weighted by atomic mass is 10.3. The van der Waals surface area contributed by atoms with Gasteiger partial charge in [-0.3, -0.25) is 4.79 Å². The molecule has 0 N–H and O–H groups in total. The van der Waals surface area contributed by atoms with E-state index in [4.69, 9.17) is 9.16 Å². The standard InChI is InChI=1S/C10H22O3Si/c1-5-7-10(11)13-8-6-9-14(3,4)12-2/h5-9H2,1-4H3. The minimum absolute atomic E-state index is 0.0793. The first-order valence-electron chi connectivity index (χ1n) is 5.22. The van der Waals surface area contributed by atoms with Crippen molar-refractivity contribution < 1.29 is 14.0 Å². The molecule has 0 saturated carbocycles. The molecule has 3 nitrogen and oxygen atoms in total. The predicted octanol–water partition coefficient (Wildman–Crippen LogP) is 2.57. The van der Waals surface area contributed by atoms with E-state index in [2.05, 4.69) is 13.1 Å². The molecule has 0 radical (unpaired) electrons. The zero-order valence-corrected chi connectivity index (χ0v) is 10.8. The zero-order chi connectivity index (χ0) is 11.0. The molecular weight excluding hydrogens is 196 g/mol. The van der Waals surface area contributed by atoms with Crippen LogP contribution < -0.4 is 0 Å². The van der Waals surface area contributed by atoms with Crippen molar-refractivity contribution in [3.05, 3.63) is 0 Å². The second kappa shape index (κ2) is 7.01. The van der Waals surface area contributed by atoms with Crippen LogP contribution in [0, 0.1) is 0 Å². The van der Waals surface area contributed by atoms with Gasteiger partial charge in [0.05, 0.1) is 6.61 Å². The molecule has 0 aliphatic rings. The Hall–Kier alpha value is -0.353. The summed E-state index contributed by atoms with van der Waals surface area (Å²) in [6.07, 6.45) is 2.31. The molecule has 14 heavy (non-hydrogen) atoms. The molecule has 0 heterocycles. The van der Waals surface area contributed by atoms with E-state index in [1.165, 1.54) is 0 Å². The summed E-state index contributed by atoms with van der Waals surface area (Å²) >= 11 is 0. The fourth-order valence-electron chi connectivity index (χ4n) is 1.06. The van der Waals surface area contributed by atoms with Crippen LogP contribution in [-0.2, 0) is 14.0 Å². The summed E-state index contributed by atoms with van der Waals surface area (Å²) in [6.45, 7) is 6.85. The molecule has 0 rings (SSSR count). The number of hydrogen-bond donors (Lipinski definition) is 0. The maximum atomic E-state index is 11.0. The van der Waals surface area contributed by atoms with Crippen molar-refractivity contribution in [2.45, 2.75) is 45.3 Å². The molecule has 0 unspecified atom stereocenters. The van der Waals surface area contributed by atoms with Crippen LogP contribution in [0.5, 0.6) is 0 Å². The first-order valence-corrected chi connectivity index (χ1v) is 8.34. The van der Waals surface area contributed by atoms with Crippen LogP contribution in [0.1, 0.15) is 26.2 Å². The van der Waals surface area contributed by atoms with Crippen LogP contribution in [0.15, 0.2) is 0 Å². The first kappa shape index (κ1) is 13.6. The maximum absolute atomic E-state index is 11.0. The quantitative estimate of drug-likeness (QED) is 0.374. The molecule has 0 aromatic heterocycles. The van der Waals surface area contributed by atoms with Crippen molar-refractivity contribution in [3.8, 4) is 0 Å². The summed E-state index contributed by atoms with van der Waals surface area (Å²) in [5.41, 5.74) is 0. The van der Waals surface area contributed by atoms with Crippen molar-refractivity contribution in [2.24, 2.45) is 0 Å². The largest absolute Gasteiger partial charge is 0.466 e. The summed E-state index contributed by atoms with van der Waals surface area (Å²) in [5.74, 6) is -0.0793. The normalized spacial score (nSPS) is 11.4. The van der Waals surface area contributed by atoms with Crippen molar-refractivity contribution in [1.82, 2.24) is 0 Å². The lowest BCUT2D eigenvalue weighted by molar-refractivity contribution is -0.143. The van der Waals surface area contributed by atoms with Gasteiger partial charge in [-0.05, 0) is 32.0 Å². The van der Waals surface area contributed by atoms with Gasteiger partial charge in [0, 0.05) is 13.5 Å². The fourth-order valence-corrected chi connectivity index (χ4v) is 2.26. The SMILES string of the molecule is CCCC(=O)OCCC[Si](C)(C)OC. The molecule has 0 amide bonds. The summed E-state index contributed by atoms with van der Waals surface area (Å²) in [7, 11) is 0.300. The van der Waals surface area contributed by atoms with Gasteiger partial charge in [0.1, 0.15) is 0 Å². The molecule has 0 fully saturated rings. The van der Waals surface area contributed by atoms with Crippen molar-refractivity contribution in [3.63, 3.8) is 0 Å². The van der Waals surface area contributed by atoms with Crippen molar-refractivity contribution >= 4 is 14.3 Å². The topological polar surface area (TPSA) is 35.5 Å². The number of rotatable bonds is 7. The van der Waals surface area contributed by atoms with E-state index >= 15 is 0 Å². The van der Waals surface area contributed by atoms with Gasteiger partial charge in [-0.15, -0.1) is 0 Å². The Bertz CT molecular complexity index is 169. The second-order valence-corrected chi connectivity index (χ2v) is 8.47. The Morgan fingerprint density at radius 2 is 2.00 bits per heavy atom. The van der Waals surface area contributed by atoms with Crippen LogP contribution in [0.4, 0.5) is 0 Å². The van der Waals surface area contributed by atoms with Crippen molar-refractivity contribution in [1.29, 1.82) is 0 Å². The molecule has 84 valence electrons. The van der Waals surface area contributed by atoms with Crippen LogP contribution in [0.3, 0.4) is 0 Å². The monoisotopic (exact) mass is 218 g/mol. The van der Waals surface area contributed by atoms with E-state index < -0.39 is 8.32 Å². The average molecular weight is 218 g/mol. The highest BCUT2D eigenvalue weighted by Crippen LogP contribution is 2.12. The van der Waals surface area contributed by atoms with Crippen LogP contribution >= 0.6 is 0 Å². The van der Waals surface area contributed by atoms with Crippen molar-refractivity contribution in [2.75, 3.05) is 13.7 Å². The van der Waals surface area contributed by atoms with Gasteiger partial charge in [-0.2, -0.15) is 0 Å². The van der Waals surface area contributed by atoms with Gasteiger partial charge in [0.2, 0.25) is 0 Å². The summed E-state index contributed by atoms with van der Waals surface area (Å²) in [5, 5.41) is 0. The van der Waals surface area contributed by atoms with E-state index in [0.717, 1.165) is 18.9 Å². The summed E-state index contributed by atoms with van der Waals surface area (Å²) in [6, 6.07) is 1.04. The second-order valence-electron chi connectivity index (χ2n) is 4.04. The molecule has 0 spiro atoms. The number of hydrogen-bond acceptors (Lipinski definition) is 3. The van der Waals surface area contributed by atoms with Crippen LogP contribution in [0.2, 0.25) is 19.1 Å². The van der Waals surface area contributed by atoms with Crippen LogP contribution in [0.25, 0.3) is 0 Å². The Morgan fingerprint density at radius 3 is 2.50 bits per heavy atom. The number of ether oxygens (including phenoxy) is 1. The van der Waals surface area contributed by atoms with Gasteiger partial charge in [-0.25, -0.2) is 0 Å². The van der Waals surface area contributed by atoms with E-state index in [1.807, 2.05) is 6.92 Å². The van der Waals surface area contributed by atoms with E-state index in [-0.39, 0.29) is 5.97 Å². The summed E-state index contributed by atoms with van der Waals surface area (Å²) in [4.78, 5) is 11.0. The minimum atomic E-state index is -1.46. The number of esters is 1. The molecular formula is C10H22O3Si. The third-order valence-electron chi connectivity index (χ3n) is 2.19. The molecule has 0 bridgehead atoms. The molecule has 0 aliphatic heterocycles. The van der Waals surface area contributed by atoms with E-state index in [1.54, 1.807) is 7.11 Å².